The zero-order valence-corrected chi connectivity index (χ0v) is 14.4. The number of nitrogens with one attached hydrogen (secondary N) is 2. The van der Waals surface area contributed by atoms with Gasteiger partial charge in [-0.3, -0.25) is 9.62 Å². The van der Waals surface area contributed by atoms with Crippen LogP contribution in [0.3, 0.4) is 0 Å². The third kappa shape index (κ3) is 2.94. The normalized spacial score (nSPS) is 13.5. The molecule has 0 saturated carbocycles. The van der Waals surface area contributed by atoms with E-state index in [1.807, 2.05) is 19.1 Å². The molecule has 1 aliphatic rings. The first-order valence-electron chi connectivity index (χ1n) is 7.63. The van der Waals surface area contributed by atoms with E-state index in [4.69, 9.17) is 0 Å². The molecule has 2 aromatic carbocycles. The molecule has 0 spiro atoms. The number of benzene rings is 2. The van der Waals surface area contributed by atoms with Crippen molar-refractivity contribution in [2.24, 2.45) is 0 Å². The molecule has 24 heavy (non-hydrogen) atoms. The molecule has 0 bridgehead atoms. The number of aryl methyl sites for hydroxylation is 1. The van der Waals surface area contributed by atoms with Crippen molar-refractivity contribution in [1.82, 2.24) is 5.32 Å². The highest BCUT2D eigenvalue weighted by Gasteiger charge is 2.26. The van der Waals surface area contributed by atoms with E-state index >= 15 is 0 Å². The smallest absolute Gasteiger partial charge is 0.321 e. The van der Waals surface area contributed by atoms with Crippen molar-refractivity contribution in [2.45, 2.75) is 18.2 Å². The number of amides is 2. The van der Waals surface area contributed by atoms with Gasteiger partial charge in [0.2, 0.25) is 0 Å². The Kier molecular flexibility index (Phi) is 4.19. The molecule has 1 aliphatic heterocycles. The largest absolute Gasteiger partial charge is 0.341 e. The fourth-order valence-electron chi connectivity index (χ4n) is 2.78. The standard InChI is InChI=1S/C17H19N3O3S/c1-12-5-3-4-6-15(12)19-24(22,23)14-7-8-16-13(11-14)9-10-20(16)17(21)18-2/h3-8,11,19H,9-10H2,1-2H3,(H,18,21). The Balaban J connectivity index is 1.91. The van der Waals surface area contributed by atoms with Gasteiger partial charge >= 0.3 is 6.03 Å². The van der Waals surface area contributed by atoms with Gasteiger partial charge in [-0.1, -0.05) is 18.2 Å². The van der Waals surface area contributed by atoms with E-state index in [0.717, 1.165) is 16.8 Å². The molecule has 126 valence electrons. The van der Waals surface area contributed by atoms with Gasteiger partial charge in [0.1, 0.15) is 0 Å². The quantitative estimate of drug-likeness (QED) is 0.897. The van der Waals surface area contributed by atoms with Gasteiger partial charge in [-0.15, -0.1) is 0 Å². The summed E-state index contributed by atoms with van der Waals surface area (Å²) in [6, 6.07) is 11.9. The third-order valence-electron chi connectivity index (χ3n) is 4.11. The molecule has 0 atom stereocenters. The first kappa shape index (κ1) is 16.3. The van der Waals surface area contributed by atoms with Gasteiger partial charge in [0.15, 0.2) is 0 Å². The van der Waals surface area contributed by atoms with Crippen molar-refractivity contribution >= 4 is 27.4 Å². The molecule has 0 aromatic heterocycles. The minimum absolute atomic E-state index is 0.192. The summed E-state index contributed by atoms with van der Waals surface area (Å²) in [7, 11) is -2.10. The van der Waals surface area contributed by atoms with Crippen LogP contribution in [0.2, 0.25) is 0 Å². The van der Waals surface area contributed by atoms with Gasteiger partial charge in [-0.05, 0) is 48.7 Å². The molecule has 6 nitrogen and oxygen atoms in total. The zero-order valence-electron chi connectivity index (χ0n) is 13.5. The van der Waals surface area contributed by atoms with Crippen LogP contribution < -0.4 is 14.9 Å². The topological polar surface area (TPSA) is 78.5 Å². The van der Waals surface area contributed by atoms with Gasteiger partial charge in [0.25, 0.3) is 10.0 Å². The fraction of sp³-hybridized carbons (Fsp3) is 0.235. The summed E-state index contributed by atoms with van der Waals surface area (Å²) in [5, 5.41) is 2.59. The predicted octanol–water partition coefficient (Wildman–Crippen LogP) is 2.50. The van der Waals surface area contributed by atoms with Crippen LogP contribution >= 0.6 is 0 Å². The van der Waals surface area contributed by atoms with E-state index in [9.17, 15) is 13.2 Å². The summed E-state index contributed by atoms with van der Waals surface area (Å²) in [4.78, 5) is 13.6. The van der Waals surface area contributed by atoms with Crippen molar-refractivity contribution in [2.75, 3.05) is 23.2 Å². The summed E-state index contributed by atoms with van der Waals surface area (Å²) in [6.07, 6.45) is 0.635. The molecule has 1 heterocycles. The van der Waals surface area contributed by atoms with Crippen molar-refractivity contribution in [3.05, 3.63) is 53.6 Å². The Morgan fingerprint density at radius 2 is 1.92 bits per heavy atom. The number of para-hydroxylation sites is 1. The van der Waals surface area contributed by atoms with Crippen LogP contribution in [0.4, 0.5) is 16.2 Å². The van der Waals surface area contributed by atoms with E-state index in [2.05, 4.69) is 10.0 Å². The summed E-state index contributed by atoms with van der Waals surface area (Å²) in [6.45, 7) is 2.39. The number of carbonyl (C=O) groups is 1. The van der Waals surface area contributed by atoms with Gasteiger partial charge in [-0.25, -0.2) is 13.2 Å². The molecule has 0 saturated heterocycles. The average molecular weight is 345 g/mol. The molecule has 2 N–H and O–H groups in total. The lowest BCUT2D eigenvalue weighted by Crippen LogP contribution is -2.36. The number of nitrogens with zero attached hydrogens (tertiary/aromatic N) is 1. The molecule has 0 unspecified atom stereocenters. The number of anilines is 2. The van der Waals surface area contributed by atoms with E-state index in [1.54, 1.807) is 36.2 Å². The zero-order chi connectivity index (χ0) is 17.3. The molecule has 2 amide bonds. The van der Waals surface area contributed by atoms with Crippen LogP contribution in [-0.2, 0) is 16.4 Å². The Labute approximate surface area is 141 Å². The number of urea groups is 1. The van der Waals surface area contributed by atoms with Crippen LogP contribution in [0.5, 0.6) is 0 Å². The Bertz CT molecular complexity index is 894. The van der Waals surface area contributed by atoms with Gasteiger partial charge in [0.05, 0.1) is 10.6 Å². The second kappa shape index (κ2) is 6.16. The van der Waals surface area contributed by atoms with E-state index in [1.165, 1.54) is 6.07 Å². The average Bonchev–Trinajstić information content (AvgIpc) is 2.99. The van der Waals surface area contributed by atoms with Crippen molar-refractivity contribution < 1.29 is 13.2 Å². The van der Waals surface area contributed by atoms with E-state index in [-0.39, 0.29) is 10.9 Å². The van der Waals surface area contributed by atoms with Crippen LogP contribution in [0.1, 0.15) is 11.1 Å². The minimum atomic E-state index is -3.67. The number of hydrogen-bond donors (Lipinski definition) is 2. The number of sulfonamides is 1. The van der Waals surface area contributed by atoms with Crippen LogP contribution in [0.15, 0.2) is 47.4 Å². The minimum Gasteiger partial charge on any atom is -0.341 e. The highest BCUT2D eigenvalue weighted by Crippen LogP contribution is 2.31. The monoisotopic (exact) mass is 345 g/mol. The lowest BCUT2D eigenvalue weighted by molar-refractivity contribution is 0.248. The van der Waals surface area contributed by atoms with Crippen molar-refractivity contribution in [1.29, 1.82) is 0 Å². The van der Waals surface area contributed by atoms with E-state index < -0.39 is 10.0 Å². The van der Waals surface area contributed by atoms with Crippen LogP contribution in [-0.4, -0.2) is 28.0 Å². The van der Waals surface area contributed by atoms with Crippen molar-refractivity contribution in [3.63, 3.8) is 0 Å². The van der Waals surface area contributed by atoms with Gasteiger partial charge in [0, 0.05) is 19.3 Å². The first-order chi connectivity index (χ1) is 11.4. The molecule has 7 heteroatoms. The lowest BCUT2D eigenvalue weighted by Gasteiger charge is -2.17. The first-order valence-corrected chi connectivity index (χ1v) is 9.11. The summed E-state index contributed by atoms with van der Waals surface area (Å²) in [5.74, 6) is 0. The van der Waals surface area contributed by atoms with E-state index in [0.29, 0.717) is 18.7 Å². The van der Waals surface area contributed by atoms with Crippen LogP contribution in [0.25, 0.3) is 0 Å². The summed E-state index contributed by atoms with van der Waals surface area (Å²) < 4.78 is 27.9. The molecule has 0 aliphatic carbocycles. The van der Waals surface area contributed by atoms with Crippen molar-refractivity contribution in [3.8, 4) is 0 Å². The predicted molar refractivity (Wildman–Crippen MR) is 93.9 cm³/mol. The summed E-state index contributed by atoms with van der Waals surface area (Å²) >= 11 is 0. The maximum atomic E-state index is 12.6. The Morgan fingerprint density at radius 3 is 2.62 bits per heavy atom. The number of hydrogen-bond acceptors (Lipinski definition) is 3. The second-order valence-electron chi connectivity index (χ2n) is 5.67. The summed E-state index contributed by atoms with van der Waals surface area (Å²) in [5.41, 5.74) is 3.02. The Hall–Kier alpha value is -2.54. The highest BCUT2D eigenvalue weighted by atomic mass is 32.2. The molecule has 0 fully saturated rings. The maximum Gasteiger partial charge on any atom is 0.321 e. The van der Waals surface area contributed by atoms with Gasteiger partial charge < -0.3 is 5.32 Å². The molecule has 3 rings (SSSR count). The highest BCUT2D eigenvalue weighted by molar-refractivity contribution is 7.92. The molecular formula is C17H19N3O3S. The molecule has 0 radical (unpaired) electrons. The van der Waals surface area contributed by atoms with Crippen LogP contribution in [0, 0.1) is 6.92 Å². The molecule has 2 aromatic rings. The number of carbonyl (C=O) groups excluding carboxylic acids is 1. The lowest BCUT2D eigenvalue weighted by atomic mass is 10.2. The SMILES string of the molecule is CNC(=O)N1CCc2cc(S(=O)(=O)Nc3ccccc3C)ccc21. The third-order valence-corrected chi connectivity index (χ3v) is 5.47. The number of rotatable bonds is 3. The molecular weight excluding hydrogens is 326 g/mol. The second-order valence-corrected chi connectivity index (χ2v) is 7.35. The Morgan fingerprint density at radius 1 is 1.17 bits per heavy atom. The maximum absolute atomic E-state index is 12.6. The number of fused-ring (bicyclic) bond motifs is 1. The fourth-order valence-corrected chi connectivity index (χ4v) is 3.96. The van der Waals surface area contributed by atoms with Gasteiger partial charge in [-0.2, -0.15) is 0 Å².